The summed E-state index contributed by atoms with van der Waals surface area (Å²) in [5.74, 6) is 0.818. The Labute approximate surface area is 83.5 Å². The van der Waals surface area contributed by atoms with Crippen molar-refractivity contribution in [3.05, 3.63) is 36.8 Å². The zero-order valence-corrected chi connectivity index (χ0v) is 8.61. The van der Waals surface area contributed by atoms with Gasteiger partial charge in [-0.2, -0.15) is 0 Å². The van der Waals surface area contributed by atoms with E-state index in [-0.39, 0.29) is 12.6 Å². The third kappa shape index (κ3) is 3.03. The van der Waals surface area contributed by atoms with Gasteiger partial charge in [-0.05, 0) is 30.4 Å². The molecule has 0 saturated carbocycles. The van der Waals surface area contributed by atoms with Crippen LogP contribution in [0.3, 0.4) is 0 Å². The average Bonchev–Trinajstić information content (AvgIpc) is 2.18. The summed E-state index contributed by atoms with van der Waals surface area (Å²) >= 11 is 1.77. The van der Waals surface area contributed by atoms with Gasteiger partial charge in [0, 0.05) is 10.8 Å². The zero-order valence-electron chi connectivity index (χ0n) is 7.79. The lowest BCUT2D eigenvalue weighted by Crippen LogP contribution is -1.95. The predicted molar refractivity (Wildman–Crippen MR) is 56.9 cm³/mol. The highest BCUT2D eigenvalue weighted by Gasteiger charge is 2.04. The first kappa shape index (κ1) is 10.6. The van der Waals surface area contributed by atoms with Crippen LogP contribution in [0.15, 0.2) is 29.2 Å². The summed E-state index contributed by atoms with van der Waals surface area (Å²) in [6, 6.07) is 7.95. The molecule has 0 aliphatic carbocycles. The Balaban J connectivity index is 2.78. The normalized spacial score (nSPS) is 12.8. The van der Waals surface area contributed by atoms with Gasteiger partial charge < -0.3 is 0 Å². The predicted octanol–water partition coefficient (Wildman–Crippen LogP) is 3.69. The van der Waals surface area contributed by atoms with Gasteiger partial charge >= 0.3 is 0 Å². The third-order valence-corrected chi connectivity index (χ3v) is 2.70. The SMILES string of the molecule is [CH2]C(CF)c1cccc(SCC)c1. The standard InChI is InChI=1S/C11H14FS/c1-3-13-11-6-4-5-10(7-11)9(2)8-12/h4-7,9H,2-3,8H2,1H3. The van der Waals surface area contributed by atoms with Crippen molar-refractivity contribution in [1.29, 1.82) is 0 Å². The van der Waals surface area contributed by atoms with Crippen LogP contribution in [0.25, 0.3) is 0 Å². The largest absolute Gasteiger partial charge is 0.250 e. The number of thioether (sulfide) groups is 1. The van der Waals surface area contributed by atoms with Crippen LogP contribution in [0.4, 0.5) is 4.39 Å². The van der Waals surface area contributed by atoms with Crippen LogP contribution in [0, 0.1) is 6.92 Å². The van der Waals surface area contributed by atoms with Gasteiger partial charge in [-0.15, -0.1) is 11.8 Å². The first-order chi connectivity index (χ1) is 6.27. The van der Waals surface area contributed by atoms with E-state index in [2.05, 4.69) is 13.8 Å². The highest BCUT2D eigenvalue weighted by molar-refractivity contribution is 7.99. The van der Waals surface area contributed by atoms with Gasteiger partial charge in [0.2, 0.25) is 0 Å². The van der Waals surface area contributed by atoms with E-state index >= 15 is 0 Å². The molecule has 1 aromatic carbocycles. The number of rotatable bonds is 4. The molecule has 1 rings (SSSR count). The third-order valence-electron chi connectivity index (χ3n) is 1.83. The van der Waals surface area contributed by atoms with E-state index in [1.54, 1.807) is 11.8 Å². The summed E-state index contributed by atoms with van der Waals surface area (Å²) in [5.41, 5.74) is 0.987. The summed E-state index contributed by atoms with van der Waals surface area (Å²) < 4.78 is 12.3. The van der Waals surface area contributed by atoms with E-state index in [0.717, 1.165) is 11.3 Å². The van der Waals surface area contributed by atoms with E-state index in [1.807, 2.05) is 24.3 Å². The molecule has 0 bridgehead atoms. The minimum Gasteiger partial charge on any atom is -0.250 e. The molecule has 1 aromatic rings. The Morgan fingerprint density at radius 1 is 1.54 bits per heavy atom. The van der Waals surface area contributed by atoms with Gasteiger partial charge in [0.1, 0.15) is 0 Å². The summed E-state index contributed by atoms with van der Waals surface area (Å²) in [6.45, 7) is 5.46. The topological polar surface area (TPSA) is 0 Å². The molecule has 13 heavy (non-hydrogen) atoms. The molecule has 0 fully saturated rings. The molecule has 1 radical (unpaired) electrons. The van der Waals surface area contributed by atoms with Crippen molar-refractivity contribution in [2.24, 2.45) is 0 Å². The Kier molecular flexibility index (Phi) is 4.29. The van der Waals surface area contributed by atoms with Crippen molar-refractivity contribution in [3.63, 3.8) is 0 Å². The maximum absolute atomic E-state index is 12.3. The molecule has 71 valence electrons. The summed E-state index contributed by atoms with van der Waals surface area (Å²) in [7, 11) is 0. The minimum absolute atomic E-state index is 0.225. The number of hydrogen-bond acceptors (Lipinski definition) is 1. The van der Waals surface area contributed by atoms with Gasteiger partial charge in [0.05, 0.1) is 6.67 Å². The van der Waals surface area contributed by atoms with E-state index in [0.29, 0.717) is 0 Å². The molecule has 0 amide bonds. The minimum atomic E-state index is -0.389. The molecular weight excluding hydrogens is 183 g/mol. The molecule has 2 heteroatoms. The van der Waals surface area contributed by atoms with Crippen molar-refractivity contribution in [3.8, 4) is 0 Å². The van der Waals surface area contributed by atoms with Crippen LogP contribution in [0.2, 0.25) is 0 Å². The molecule has 0 nitrogen and oxygen atoms in total. The van der Waals surface area contributed by atoms with Gasteiger partial charge in [-0.3, -0.25) is 4.39 Å². The lowest BCUT2D eigenvalue weighted by Gasteiger charge is -2.08. The van der Waals surface area contributed by atoms with Crippen molar-refractivity contribution in [1.82, 2.24) is 0 Å². The highest BCUT2D eigenvalue weighted by Crippen LogP contribution is 2.22. The molecule has 0 N–H and O–H groups in total. The Hall–Kier alpha value is -0.500. The number of alkyl halides is 1. The lowest BCUT2D eigenvalue weighted by molar-refractivity contribution is 0.465. The van der Waals surface area contributed by atoms with E-state index < -0.39 is 0 Å². The molecule has 0 aliphatic heterocycles. The van der Waals surface area contributed by atoms with Crippen molar-refractivity contribution in [2.75, 3.05) is 12.4 Å². The number of halogens is 1. The lowest BCUT2D eigenvalue weighted by atomic mass is 10.0. The van der Waals surface area contributed by atoms with Gasteiger partial charge in [-0.1, -0.05) is 19.1 Å². The summed E-state index contributed by atoms with van der Waals surface area (Å²) in [4.78, 5) is 1.20. The molecule has 1 unspecified atom stereocenters. The monoisotopic (exact) mass is 197 g/mol. The fourth-order valence-electron chi connectivity index (χ4n) is 1.11. The van der Waals surface area contributed by atoms with Crippen LogP contribution in [-0.4, -0.2) is 12.4 Å². The van der Waals surface area contributed by atoms with E-state index in [4.69, 9.17) is 0 Å². The van der Waals surface area contributed by atoms with Crippen LogP contribution in [-0.2, 0) is 0 Å². The second kappa shape index (κ2) is 5.28. The quantitative estimate of drug-likeness (QED) is 0.663. The molecule has 0 heterocycles. The second-order valence-corrected chi connectivity index (χ2v) is 4.19. The summed E-state index contributed by atoms with van der Waals surface area (Å²) in [6.07, 6.45) is 0. The average molecular weight is 197 g/mol. The second-order valence-electron chi connectivity index (χ2n) is 2.86. The maximum Gasteiger partial charge on any atom is 0.0962 e. The fourth-order valence-corrected chi connectivity index (χ4v) is 1.84. The Morgan fingerprint density at radius 3 is 2.92 bits per heavy atom. The zero-order chi connectivity index (χ0) is 9.68. The number of hydrogen-bond donors (Lipinski definition) is 0. The molecule has 1 atom stereocenters. The first-order valence-electron chi connectivity index (χ1n) is 4.39. The Morgan fingerprint density at radius 2 is 2.31 bits per heavy atom. The van der Waals surface area contributed by atoms with Gasteiger partial charge in [0.25, 0.3) is 0 Å². The number of benzene rings is 1. The maximum atomic E-state index is 12.3. The van der Waals surface area contributed by atoms with Gasteiger partial charge in [-0.25, -0.2) is 0 Å². The van der Waals surface area contributed by atoms with Crippen LogP contribution >= 0.6 is 11.8 Å². The smallest absolute Gasteiger partial charge is 0.0962 e. The van der Waals surface area contributed by atoms with Crippen LogP contribution in [0.5, 0.6) is 0 Å². The van der Waals surface area contributed by atoms with Crippen LogP contribution < -0.4 is 0 Å². The molecule has 0 saturated heterocycles. The van der Waals surface area contributed by atoms with Crippen LogP contribution in [0.1, 0.15) is 18.4 Å². The van der Waals surface area contributed by atoms with Crippen molar-refractivity contribution >= 4 is 11.8 Å². The van der Waals surface area contributed by atoms with Gasteiger partial charge in [0.15, 0.2) is 0 Å². The summed E-state index contributed by atoms with van der Waals surface area (Å²) in [5, 5.41) is 0. The van der Waals surface area contributed by atoms with Crippen molar-refractivity contribution in [2.45, 2.75) is 17.7 Å². The van der Waals surface area contributed by atoms with E-state index in [9.17, 15) is 4.39 Å². The molecule has 0 spiro atoms. The van der Waals surface area contributed by atoms with E-state index in [1.165, 1.54) is 4.90 Å². The Bertz CT molecular complexity index is 260. The van der Waals surface area contributed by atoms with Crippen molar-refractivity contribution < 1.29 is 4.39 Å². The molecule has 0 aliphatic rings. The highest BCUT2D eigenvalue weighted by atomic mass is 32.2. The fraction of sp³-hybridized carbons (Fsp3) is 0.364. The molecular formula is C11H14FS. The first-order valence-corrected chi connectivity index (χ1v) is 5.38. The molecule has 0 aromatic heterocycles.